The minimum absolute atomic E-state index is 0.151. The van der Waals surface area contributed by atoms with Crippen molar-refractivity contribution in [3.05, 3.63) is 0 Å². The molecule has 1 heterocycles. The van der Waals surface area contributed by atoms with Crippen molar-refractivity contribution in [3.8, 4) is 0 Å². The van der Waals surface area contributed by atoms with E-state index in [1.165, 1.54) is 12.8 Å². The lowest BCUT2D eigenvalue weighted by Gasteiger charge is -2.29. The van der Waals surface area contributed by atoms with Crippen LogP contribution in [-0.4, -0.2) is 33.6 Å². The SMILES string of the molecule is CC(I)C1CCCCN(C(=O)OC(C)(C)C)C1. The molecule has 4 heteroatoms. The van der Waals surface area contributed by atoms with Gasteiger partial charge in [0.05, 0.1) is 0 Å². The number of likely N-dealkylation sites (tertiary alicyclic amines) is 1. The Labute approximate surface area is 118 Å². The summed E-state index contributed by atoms with van der Waals surface area (Å²) < 4.78 is 6.05. The molecule has 0 radical (unpaired) electrons. The van der Waals surface area contributed by atoms with Crippen LogP contribution in [-0.2, 0) is 4.74 Å². The average Bonchev–Trinajstić information content (AvgIpc) is 2.39. The Morgan fingerprint density at radius 1 is 1.41 bits per heavy atom. The van der Waals surface area contributed by atoms with Gasteiger partial charge >= 0.3 is 6.09 Å². The monoisotopic (exact) mass is 353 g/mol. The summed E-state index contributed by atoms with van der Waals surface area (Å²) in [5.74, 6) is 0.602. The molecule has 0 aromatic carbocycles. The lowest BCUT2D eigenvalue weighted by Crippen LogP contribution is -2.40. The largest absolute Gasteiger partial charge is 0.444 e. The Morgan fingerprint density at radius 2 is 2.06 bits per heavy atom. The number of alkyl halides is 1. The van der Waals surface area contributed by atoms with Crippen LogP contribution in [0.5, 0.6) is 0 Å². The fourth-order valence-electron chi connectivity index (χ4n) is 2.04. The minimum atomic E-state index is -0.394. The number of carbonyl (C=O) groups is 1. The van der Waals surface area contributed by atoms with Crippen LogP contribution in [0.4, 0.5) is 4.79 Å². The standard InChI is InChI=1S/C13H24INO2/c1-10(14)11-7-5-6-8-15(9-11)12(16)17-13(2,3)4/h10-11H,5-9H2,1-4H3. The molecule has 100 valence electrons. The van der Waals surface area contributed by atoms with E-state index in [9.17, 15) is 4.79 Å². The summed E-state index contributed by atoms with van der Waals surface area (Å²) in [4.78, 5) is 13.9. The Hall–Kier alpha value is 0. The van der Waals surface area contributed by atoms with Crippen LogP contribution in [0.15, 0.2) is 0 Å². The number of halogens is 1. The third kappa shape index (κ3) is 5.44. The molecule has 1 aliphatic rings. The second-order valence-corrected chi connectivity index (χ2v) is 7.82. The van der Waals surface area contributed by atoms with E-state index >= 15 is 0 Å². The number of amides is 1. The molecule has 0 bridgehead atoms. The molecule has 1 rings (SSSR count). The van der Waals surface area contributed by atoms with Gasteiger partial charge in [-0.3, -0.25) is 0 Å². The van der Waals surface area contributed by atoms with Crippen molar-refractivity contribution >= 4 is 28.7 Å². The van der Waals surface area contributed by atoms with E-state index in [2.05, 4.69) is 29.5 Å². The summed E-state index contributed by atoms with van der Waals surface area (Å²) in [5.41, 5.74) is -0.394. The molecule has 0 N–H and O–H groups in total. The van der Waals surface area contributed by atoms with Gasteiger partial charge in [-0.2, -0.15) is 0 Å². The highest BCUT2D eigenvalue weighted by Crippen LogP contribution is 2.25. The average molecular weight is 353 g/mol. The molecule has 2 unspecified atom stereocenters. The number of hydrogen-bond donors (Lipinski definition) is 0. The van der Waals surface area contributed by atoms with E-state index in [0.717, 1.165) is 19.5 Å². The highest BCUT2D eigenvalue weighted by atomic mass is 127. The predicted molar refractivity (Wildman–Crippen MR) is 78.6 cm³/mol. The van der Waals surface area contributed by atoms with E-state index in [-0.39, 0.29) is 6.09 Å². The zero-order valence-electron chi connectivity index (χ0n) is 11.3. The van der Waals surface area contributed by atoms with Crippen molar-refractivity contribution in [1.29, 1.82) is 0 Å². The number of ether oxygens (including phenoxy) is 1. The van der Waals surface area contributed by atoms with Crippen LogP contribution in [0.3, 0.4) is 0 Å². The zero-order valence-corrected chi connectivity index (χ0v) is 13.5. The highest BCUT2D eigenvalue weighted by Gasteiger charge is 2.27. The van der Waals surface area contributed by atoms with Gasteiger partial charge in [-0.25, -0.2) is 4.79 Å². The molecular formula is C13H24INO2. The maximum Gasteiger partial charge on any atom is 0.410 e. The van der Waals surface area contributed by atoms with E-state index in [1.807, 2.05) is 25.7 Å². The van der Waals surface area contributed by atoms with Gasteiger partial charge in [-0.15, -0.1) is 0 Å². The summed E-state index contributed by atoms with van der Waals surface area (Å²) in [6, 6.07) is 0. The summed E-state index contributed by atoms with van der Waals surface area (Å²) in [7, 11) is 0. The molecule has 0 aromatic rings. The molecule has 1 saturated heterocycles. The van der Waals surface area contributed by atoms with Gasteiger partial charge in [0.2, 0.25) is 0 Å². The van der Waals surface area contributed by atoms with Crippen molar-refractivity contribution < 1.29 is 9.53 Å². The zero-order chi connectivity index (χ0) is 13.1. The van der Waals surface area contributed by atoms with Crippen LogP contribution >= 0.6 is 22.6 Å². The van der Waals surface area contributed by atoms with E-state index in [0.29, 0.717) is 9.84 Å². The third-order valence-electron chi connectivity index (χ3n) is 3.01. The van der Waals surface area contributed by atoms with Crippen molar-refractivity contribution in [1.82, 2.24) is 4.90 Å². The Bertz CT molecular complexity index is 261. The number of carbonyl (C=O) groups excluding carboxylic acids is 1. The summed E-state index contributed by atoms with van der Waals surface area (Å²) in [5, 5.41) is 0. The molecule has 2 atom stereocenters. The van der Waals surface area contributed by atoms with Crippen molar-refractivity contribution in [2.24, 2.45) is 5.92 Å². The smallest absolute Gasteiger partial charge is 0.410 e. The molecule has 0 spiro atoms. The Balaban J connectivity index is 2.59. The first kappa shape index (κ1) is 15.1. The van der Waals surface area contributed by atoms with Gasteiger partial charge in [0.15, 0.2) is 0 Å². The number of hydrogen-bond acceptors (Lipinski definition) is 2. The van der Waals surface area contributed by atoms with Gasteiger partial charge in [0, 0.05) is 17.0 Å². The second kappa shape index (κ2) is 6.25. The van der Waals surface area contributed by atoms with Crippen molar-refractivity contribution in [2.75, 3.05) is 13.1 Å². The van der Waals surface area contributed by atoms with E-state index < -0.39 is 5.60 Å². The van der Waals surface area contributed by atoms with Crippen molar-refractivity contribution in [3.63, 3.8) is 0 Å². The fraction of sp³-hybridized carbons (Fsp3) is 0.923. The molecule has 0 aromatic heterocycles. The maximum atomic E-state index is 12.0. The van der Waals surface area contributed by atoms with E-state index in [1.54, 1.807) is 0 Å². The normalized spacial score (nSPS) is 24.1. The van der Waals surface area contributed by atoms with Crippen LogP contribution in [0.25, 0.3) is 0 Å². The molecular weight excluding hydrogens is 329 g/mol. The summed E-state index contributed by atoms with van der Waals surface area (Å²) in [6.45, 7) is 9.67. The van der Waals surface area contributed by atoms with Crippen LogP contribution in [0.1, 0.15) is 47.0 Å². The van der Waals surface area contributed by atoms with Gasteiger partial charge in [-0.05, 0) is 39.5 Å². The molecule has 1 fully saturated rings. The van der Waals surface area contributed by atoms with Gasteiger partial charge in [-0.1, -0.05) is 35.9 Å². The van der Waals surface area contributed by atoms with Gasteiger partial charge < -0.3 is 9.64 Å². The van der Waals surface area contributed by atoms with Gasteiger partial charge in [0.25, 0.3) is 0 Å². The number of rotatable bonds is 1. The molecule has 3 nitrogen and oxygen atoms in total. The molecule has 1 aliphatic heterocycles. The van der Waals surface area contributed by atoms with Crippen LogP contribution < -0.4 is 0 Å². The van der Waals surface area contributed by atoms with Crippen LogP contribution in [0, 0.1) is 5.92 Å². The lowest BCUT2D eigenvalue weighted by molar-refractivity contribution is 0.0235. The topological polar surface area (TPSA) is 29.5 Å². The second-order valence-electron chi connectivity index (χ2n) is 5.86. The van der Waals surface area contributed by atoms with Gasteiger partial charge in [0.1, 0.15) is 5.60 Å². The Kier molecular flexibility index (Phi) is 5.54. The Morgan fingerprint density at radius 3 is 2.59 bits per heavy atom. The van der Waals surface area contributed by atoms with Crippen molar-refractivity contribution in [2.45, 2.75) is 56.5 Å². The summed E-state index contributed by atoms with van der Waals surface area (Å²) in [6.07, 6.45) is 3.39. The molecule has 17 heavy (non-hydrogen) atoms. The number of nitrogens with zero attached hydrogens (tertiary/aromatic N) is 1. The quantitative estimate of drug-likeness (QED) is 0.529. The molecule has 0 saturated carbocycles. The molecule has 1 amide bonds. The molecule has 0 aliphatic carbocycles. The minimum Gasteiger partial charge on any atom is -0.444 e. The predicted octanol–water partition coefficient (Wildman–Crippen LogP) is 3.85. The first-order valence-electron chi connectivity index (χ1n) is 6.41. The maximum absolute atomic E-state index is 12.0. The fourth-order valence-corrected chi connectivity index (χ4v) is 2.63. The third-order valence-corrected chi connectivity index (χ3v) is 4.03. The highest BCUT2D eigenvalue weighted by molar-refractivity contribution is 14.1. The first-order chi connectivity index (χ1) is 7.79. The lowest BCUT2D eigenvalue weighted by atomic mass is 10.0. The summed E-state index contributed by atoms with van der Waals surface area (Å²) >= 11 is 2.46. The van der Waals surface area contributed by atoms with Crippen LogP contribution in [0.2, 0.25) is 0 Å². The first-order valence-corrected chi connectivity index (χ1v) is 7.66. The van der Waals surface area contributed by atoms with E-state index in [4.69, 9.17) is 4.74 Å².